The molecule has 0 N–H and O–H groups in total. The first-order valence-corrected chi connectivity index (χ1v) is 8.35. The Morgan fingerprint density at radius 3 is 2.17 bits per heavy atom. The van der Waals surface area contributed by atoms with Crippen LogP contribution in [0.3, 0.4) is 0 Å². The van der Waals surface area contributed by atoms with Crippen LogP contribution in [0.25, 0.3) is 23.1 Å². The number of fused-ring (bicyclic) bond motifs is 1. The molecule has 1 aromatic carbocycles. The Hall–Kier alpha value is -2.54. The van der Waals surface area contributed by atoms with Gasteiger partial charge in [-0.25, -0.2) is 0 Å². The topological polar surface area (TPSA) is 4.93 Å². The van der Waals surface area contributed by atoms with Crippen molar-refractivity contribution in [3.8, 4) is 0 Å². The van der Waals surface area contributed by atoms with Gasteiger partial charge in [-0.2, -0.15) is 0 Å². The van der Waals surface area contributed by atoms with Crippen LogP contribution in [0.15, 0.2) is 73.9 Å². The summed E-state index contributed by atoms with van der Waals surface area (Å²) in [6, 6.07) is 8.40. The third-order valence-corrected chi connectivity index (χ3v) is 3.42. The van der Waals surface area contributed by atoms with E-state index in [-0.39, 0.29) is 0 Å². The lowest BCUT2D eigenvalue weighted by Crippen LogP contribution is -1.90. The summed E-state index contributed by atoms with van der Waals surface area (Å²) in [5, 5.41) is 1.27. The lowest BCUT2D eigenvalue weighted by Gasteiger charge is -1.98. The summed E-state index contributed by atoms with van der Waals surface area (Å²) in [5.41, 5.74) is 4.83. The molecule has 0 aliphatic carbocycles. The summed E-state index contributed by atoms with van der Waals surface area (Å²) >= 11 is 0. The van der Waals surface area contributed by atoms with Gasteiger partial charge >= 0.3 is 0 Å². The van der Waals surface area contributed by atoms with Gasteiger partial charge in [-0.1, -0.05) is 87.7 Å². The maximum absolute atomic E-state index is 3.89. The van der Waals surface area contributed by atoms with E-state index in [0.29, 0.717) is 0 Å². The number of aromatic nitrogens is 1. The van der Waals surface area contributed by atoms with Gasteiger partial charge in [0.05, 0.1) is 0 Å². The van der Waals surface area contributed by atoms with Crippen molar-refractivity contribution in [3.63, 3.8) is 0 Å². The van der Waals surface area contributed by atoms with Crippen LogP contribution >= 0.6 is 0 Å². The molecule has 0 aliphatic heterocycles. The molecule has 2 aromatic rings. The third kappa shape index (κ3) is 5.58. The highest BCUT2D eigenvalue weighted by molar-refractivity contribution is 5.93. The van der Waals surface area contributed by atoms with E-state index in [1.165, 1.54) is 22.2 Å². The zero-order valence-electron chi connectivity index (χ0n) is 15.8. The molecule has 1 heterocycles. The van der Waals surface area contributed by atoms with Crippen LogP contribution in [-0.4, -0.2) is 4.57 Å². The van der Waals surface area contributed by atoms with Gasteiger partial charge in [0, 0.05) is 29.2 Å². The summed E-state index contributed by atoms with van der Waals surface area (Å²) in [4.78, 5) is 0. The third-order valence-electron chi connectivity index (χ3n) is 3.42. The number of aryl methyl sites for hydroxylation is 1. The van der Waals surface area contributed by atoms with Crippen molar-refractivity contribution in [2.75, 3.05) is 0 Å². The second kappa shape index (κ2) is 12.0. The first kappa shape index (κ1) is 21.5. The number of benzene rings is 1. The molecule has 0 saturated carbocycles. The molecule has 0 aliphatic rings. The van der Waals surface area contributed by atoms with E-state index in [1.54, 1.807) is 12.2 Å². The van der Waals surface area contributed by atoms with E-state index in [9.17, 15) is 0 Å². The molecule has 2 rings (SSSR count). The van der Waals surface area contributed by atoms with E-state index >= 15 is 0 Å². The Morgan fingerprint density at radius 1 is 1.08 bits per heavy atom. The lowest BCUT2D eigenvalue weighted by atomic mass is 10.1. The van der Waals surface area contributed by atoms with Crippen molar-refractivity contribution >= 4 is 23.1 Å². The second-order valence-electron chi connectivity index (χ2n) is 4.93. The molecular formula is C23H31N. The van der Waals surface area contributed by atoms with E-state index in [4.69, 9.17) is 0 Å². The Balaban J connectivity index is 0.000000501. The van der Waals surface area contributed by atoms with Gasteiger partial charge in [-0.05, 0) is 26.0 Å². The predicted molar refractivity (Wildman–Crippen MR) is 113 cm³/mol. The number of rotatable bonds is 4. The quantitative estimate of drug-likeness (QED) is 0.525. The standard InChI is InChI=1S/C14H15N.C7H10.C2H6/c1-4-8-13-11(5-2)12-9-6-7-10-14(12)15(13)3;1-4-6-7(3)5-2;1-2/h4-10H,2H2,1,3H3;4-6H,1-2H2,3H3;1-2H3/b8-4-;7-6-;. The molecule has 0 unspecified atom stereocenters. The maximum Gasteiger partial charge on any atom is 0.0488 e. The Bertz CT molecular complexity index is 724. The van der Waals surface area contributed by atoms with Gasteiger partial charge in [-0.3, -0.25) is 0 Å². The van der Waals surface area contributed by atoms with Crippen molar-refractivity contribution in [2.24, 2.45) is 7.05 Å². The molecule has 0 amide bonds. The summed E-state index contributed by atoms with van der Waals surface area (Å²) in [6.45, 7) is 19.0. The van der Waals surface area contributed by atoms with Crippen LogP contribution in [0, 0.1) is 0 Å². The highest BCUT2D eigenvalue weighted by atomic mass is 14.9. The number of hydrogen-bond acceptors (Lipinski definition) is 0. The summed E-state index contributed by atoms with van der Waals surface area (Å²) < 4.78 is 2.20. The largest absolute Gasteiger partial charge is 0.344 e. The van der Waals surface area contributed by atoms with Gasteiger partial charge in [0.25, 0.3) is 0 Å². The Kier molecular flexibility index (Phi) is 10.7. The first-order chi connectivity index (χ1) is 11.6. The maximum atomic E-state index is 3.89. The molecule has 0 bridgehead atoms. The van der Waals surface area contributed by atoms with Gasteiger partial charge < -0.3 is 4.57 Å². The normalized spacial score (nSPS) is 10.5. The number of hydrogen-bond donors (Lipinski definition) is 0. The average Bonchev–Trinajstić information content (AvgIpc) is 2.90. The van der Waals surface area contributed by atoms with Crippen LogP contribution in [0.2, 0.25) is 0 Å². The summed E-state index contributed by atoms with van der Waals surface area (Å²) in [5.74, 6) is 0. The minimum atomic E-state index is 1.15. The fourth-order valence-corrected chi connectivity index (χ4v) is 2.27. The molecular weight excluding hydrogens is 290 g/mol. The number of nitrogens with zero attached hydrogens (tertiary/aromatic N) is 1. The van der Waals surface area contributed by atoms with Crippen LogP contribution in [0.1, 0.15) is 39.0 Å². The predicted octanol–water partition coefficient (Wildman–Crippen LogP) is 7.19. The summed E-state index contributed by atoms with van der Waals surface area (Å²) in [6.07, 6.45) is 11.6. The molecule has 0 spiro atoms. The van der Waals surface area contributed by atoms with Gasteiger partial charge in [0.15, 0.2) is 0 Å². The van der Waals surface area contributed by atoms with E-state index in [0.717, 1.165) is 5.57 Å². The molecule has 1 heteroatoms. The fourth-order valence-electron chi connectivity index (χ4n) is 2.27. The molecule has 1 nitrogen and oxygen atoms in total. The molecule has 0 saturated heterocycles. The highest BCUT2D eigenvalue weighted by Crippen LogP contribution is 2.26. The van der Waals surface area contributed by atoms with Crippen molar-refractivity contribution in [2.45, 2.75) is 27.7 Å². The van der Waals surface area contributed by atoms with Gasteiger partial charge in [0.2, 0.25) is 0 Å². The van der Waals surface area contributed by atoms with E-state index < -0.39 is 0 Å². The van der Waals surface area contributed by atoms with Gasteiger partial charge in [-0.15, -0.1) is 0 Å². The van der Waals surface area contributed by atoms with E-state index in [1.807, 2.05) is 39.8 Å². The highest BCUT2D eigenvalue weighted by Gasteiger charge is 2.08. The smallest absolute Gasteiger partial charge is 0.0488 e. The van der Waals surface area contributed by atoms with Crippen molar-refractivity contribution in [1.82, 2.24) is 4.57 Å². The van der Waals surface area contributed by atoms with E-state index in [2.05, 4.69) is 67.8 Å². The minimum Gasteiger partial charge on any atom is -0.344 e. The second-order valence-corrected chi connectivity index (χ2v) is 4.93. The van der Waals surface area contributed by atoms with Crippen LogP contribution < -0.4 is 0 Å². The van der Waals surface area contributed by atoms with Gasteiger partial charge in [0.1, 0.15) is 0 Å². The molecule has 24 heavy (non-hydrogen) atoms. The SMILES string of the molecule is C=C/C=C(/C)C=C.C=Cc1c(/C=C\C)n(C)c2ccccc12.CC. The Labute approximate surface area is 148 Å². The van der Waals surface area contributed by atoms with Crippen molar-refractivity contribution in [3.05, 3.63) is 85.1 Å². The van der Waals surface area contributed by atoms with Crippen LogP contribution in [0.5, 0.6) is 0 Å². The fraction of sp³-hybridized carbons (Fsp3) is 0.217. The zero-order valence-corrected chi connectivity index (χ0v) is 15.8. The number of para-hydroxylation sites is 1. The Morgan fingerprint density at radius 2 is 1.71 bits per heavy atom. The molecule has 0 atom stereocenters. The lowest BCUT2D eigenvalue weighted by molar-refractivity contribution is 0.953. The first-order valence-electron chi connectivity index (χ1n) is 8.35. The number of allylic oxidation sites excluding steroid dienone is 5. The molecule has 128 valence electrons. The zero-order chi connectivity index (χ0) is 18.5. The van der Waals surface area contributed by atoms with Crippen LogP contribution in [-0.2, 0) is 7.05 Å². The minimum absolute atomic E-state index is 1.15. The van der Waals surface area contributed by atoms with Crippen LogP contribution in [0.4, 0.5) is 0 Å². The summed E-state index contributed by atoms with van der Waals surface area (Å²) in [7, 11) is 2.09. The molecule has 0 fully saturated rings. The van der Waals surface area contributed by atoms with Crippen molar-refractivity contribution in [1.29, 1.82) is 0 Å². The monoisotopic (exact) mass is 321 g/mol. The van der Waals surface area contributed by atoms with Crippen molar-refractivity contribution < 1.29 is 0 Å². The molecule has 1 aromatic heterocycles. The average molecular weight is 322 g/mol. The molecule has 0 radical (unpaired) electrons.